The second-order valence-electron chi connectivity index (χ2n) is 7.61. The van der Waals surface area contributed by atoms with E-state index in [-0.39, 0.29) is 18.4 Å². The Bertz CT molecular complexity index is 1050. The van der Waals surface area contributed by atoms with E-state index in [1.807, 2.05) is 41.8 Å². The van der Waals surface area contributed by atoms with Gasteiger partial charge in [-0.15, -0.1) is 11.3 Å². The van der Waals surface area contributed by atoms with Crippen molar-refractivity contribution in [1.82, 2.24) is 19.7 Å². The topological polar surface area (TPSA) is 56.8 Å². The molecule has 2 aliphatic heterocycles. The van der Waals surface area contributed by atoms with Crippen LogP contribution in [0.15, 0.2) is 53.9 Å². The number of hydrogen-bond acceptors (Lipinski definition) is 5. The van der Waals surface area contributed by atoms with Gasteiger partial charge in [0.2, 0.25) is 11.8 Å². The lowest BCUT2D eigenvalue weighted by Gasteiger charge is -2.46. The van der Waals surface area contributed by atoms with Gasteiger partial charge in [-0.1, -0.05) is 30.3 Å². The predicted molar refractivity (Wildman–Crippen MR) is 112 cm³/mol. The van der Waals surface area contributed by atoms with E-state index in [4.69, 9.17) is 4.98 Å². The summed E-state index contributed by atoms with van der Waals surface area (Å²) in [6.45, 7) is 3.28. The molecule has 6 nitrogen and oxygen atoms in total. The highest BCUT2D eigenvalue weighted by Crippen LogP contribution is 2.22. The van der Waals surface area contributed by atoms with Crippen molar-refractivity contribution in [2.75, 3.05) is 26.2 Å². The third kappa shape index (κ3) is 3.63. The van der Waals surface area contributed by atoms with Gasteiger partial charge in [0.15, 0.2) is 0 Å². The lowest BCUT2D eigenvalue weighted by Crippen LogP contribution is -2.66. The van der Waals surface area contributed by atoms with E-state index in [0.717, 1.165) is 28.0 Å². The van der Waals surface area contributed by atoms with E-state index in [2.05, 4.69) is 17.0 Å². The minimum atomic E-state index is -0.398. The highest BCUT2D eigenvalue weighted by Gasteiger charge is 2.42. The molecule has 2 aliphatic rings. The molecule has 1 atom stereocenters. The van der Waals surface area contributed by atoms with Gasteiger partial charge in [0.05, 0.1) is 17.8 Å². The fraction of sp³-hybridized carbons (Fsp3) is 0.318. The molecule has 0 spiro atoms. The van der Waals surface area contributed by atoms with Crippen molar-refractivity contribution in [2.45, 2.75) is 19.1 Å². The van der Waals surface area contributed by atoms with Crippen LogP contribution < -0.4 is 0 Å². The Hall–Kier alpha value is -2.77. The standard InChI is InChI=1S/C22H22N4O2S/c27-21-15-25(13-18-5-3-11-29-18)22(28)20-14-24(9-10-26(20)21)12-17-8-7-16-4-1-2-6-19(16)23-17/h1-8,11,20H,9-10,12-15H2. The summed E-state index contributed by atoms with van der Waals surface area (Å²) in [7, 11) is 0. The van der Waals surface area contributed by atoms with Crippen molar-refractivity contribution in [3.8, 4) is 0 Å². The van der Waals surface area contributed by atoms with Crippen LogP contribution >= 0.6 is 11.3 Å². The van der Waals surface area contributed by atoms with Crippen LogP contribution in [-0.2, 0) is 22.7 Å². The summed E-state index contributed by atoms with van der Waals surface area (Å²) in [4.78, 5) is 37.3. The second-order valence-corrected chi connectivity index (χ2v) is 8.64. The van der Waals surface area contributed by atoms with Crippen LogP contribution in [0, 0.1) is 0 Å². The first kappa shape index (κ1) is 18.3. The van der Waals surface area contributed by atoms with Crippen LogP contribution in [0.5, 0.6) is 0 Å². The molecule has 2 fully saturated rings. The number of piperazine rings is 2. The summed E-state index contributed by atoms with van der Waals surface area (Å²) in [5.74, 6) is 0.101. The fourth-order valence-electron chi connectivity index (χ4n) is 4.19. The number of fused-ring (bicyclic) bond motifs is 2. The third-order valence-electron chi connectivity index (χ3n) is 5.68. The highest BCUT2D eigenvalue weighted by atomic mass is 32.1. The molecule has 0 bridgehead atoms. The SMILES string of the molecule is O=C1C2CN(Cc3ccc4ccccc4n3)CCN2C(=O)CN1Cc1cccs1. The molecule has 0 saturated carbocycles. The Morgan fingerprint density at radius 3 is 2.76 bits per heavy atom. The molecular formula is C22H22N4O2S. The number of para-hydroxylation sites is 1. The molecule has 2 aromatic heterocycles. The minimum absolute atomic E-state index is 0.0502. The molecular weight excluding hydrogens is 384 g/mol. The summed E-state index contributed by atoms with van der Waals surface area (Å²) in [6.07, 6.45) is 0. The number of hydrogen-bond donors (Lipinski definition) is 0. The van der Waals surface area contributed by atoms with Crippen LogP contribution in [0.25, 0.3) is 10.9 Å². The molecule has 2 saturated heterocycles. The maximum Gasteiger partial charge on any atom is 0.247 e. The van der Waals surface area contributed by atoms with E-state index in [9.17, 15) is 9.59 Å². The van der Waals surface area contributed by atoms with Crippen LogP contribution in [-0.4, -0.2) is 63.7 Å². The van der Waals surface area contributed by atoms with Gasteiger partial charge >= 0.3 is 0 Å². The normalized spacial score (nSPS) is 20.3. The first-order valence-corrected chi connectivity index (χ1v) is 10.7. The number of nitrogens with zero attached hydrogens (tertiary/aromatic N) is 4. The second kappa shape index (κ2) is 7.57. The first-order valence-electron chi connectivity index (χ1n) is 9.85. The zero-order valence-electron chi connectivity index (χ0n) is 16.0. The van der Waals surface area contributed by atoms with Gasteiger partial charge in [0.25, 0.3) is 0 Å². The van der Waals surface area contributed by atoms with E-state index in [1.54, 1.807) is 21.1 Å². The van der Waals surface area contributed by atoms with Gasteiger partial charge in [-0.2, -0.15) is 0 Å². The zero-order chi connectivity index (χ0) is 19.8. The van der Waals surface area contributed by atoms with E-state index < -0.39 is 6.04 Å². The van der Waals surface area contributed by atoms with Gasteiger partial charge in [0.1, 0.15) is 12.6 Å². The molecule has 7 heteroatoms. The van der Waals surface area contributed by atoms with Crippen LogP contribution in [0.4, 0.5) is 0 Å². The number of carbonyl (C=O) groups excluding carboxylic acids is 2. The summed E-state index contributed by atoms with van der Waals surface area (Å²) < 4.78 is 0. The number of benzene rings is 1. The Morgan fingerprint density at radius 1 is 1.00 bits per heavy atom. The first-order chi connectivity index (χ1) is 14.2. The molecule has 3 aromatic rings. The maximum atomic E-state index is 13.1. The quantitative estimate of drug-likeness (QED) is 0.668. The summed E-state index contributed by atoms with van der Waals surface area (Å²) in [6, 6.07) is 15.8. The molecule has 5 rings (SSSR count). The van der Waals surface area contributed by atoms with Crippen molar-refractivity contribution in [3.05, 3.63) is 64.5 Å². The predicted octanol–water partition coefficient (Wildman–Crippen LogP) is 2.35. The monoisotopic (exact) mass is 406 g/mol. The van der Waals surface area contributed by atoms with Crippen molar-refractivity contribution in [1.29, 1.82) is 0 Å². The zero-order valence-corrected chi connectivity index (χ0v) is 16.8. The van der Waals surface area contributed by atoms with E-state index in [1.165, 1.54) is 0 Å². The molecule has 4 heterocycles. The molecule has 1 aromatic carbocycles. The summed E-state index contributed by atoms with van der Waals surface area (Å²) in [5.41, 5.74) is 1.97. The number of pyridine rings is 1. The number of aromatic nitrogens is 1. The van der Waals surface area contributed by atoms with Gasteiger partial charge in [-0.25, -0.2) is 0 Å². The highest BCUT2D eigenvalue weighted by molar-refractivity contribution is 7.09. The molecule has 0 N–H and O–H groups in total. The Labute approximate surface area is 173 Å². The smallest absolute Gasteiger partial charge is 0.247 e. The minimum Gasteiger partial charge on any atom is -0.327 e. The number of rotatable bonds is 4. The Morgan fingerprint density at radius 2 is 1.90 bits per heavy atom. The van der Waals surface area contributed by atoms with Crippen molar-refractivity contribution in [2.24, 2.45) is 0 Å². The van der Waals surface area contributed by atoms with E-state index >= 15 is 0 Å². The van der Waals surface area contributed by atoms with Crippen LogP contribution in [0.3, 0.4) is 0 Å². The molecule has 2 amide bonds. The van der Waals surface area contributed by atoms with Gasteiger partial charge in [-0.05, 0) is 23.6 Å². The van der Waals surface area contributed by atoms with Crippen molar-refractivity contribution >= 4 is 34.1 Å². The number of thiophene rings is 1. The Kier molecular flexibility index (Phi) is 4.77. The lowest BCUT2D eigenvalue weighted by molar-refractivity contribution is -0.160. The fourth-order valence-corrected chi connectivity index (χ4v) is 4.91. The van der Waals surface area contributed by atoms with Gasteiger partial charge in [0, 0.05) is 36.4 Å². The molecule has 0 radical (unpaired) electrons. The maximum absolute atomic E-state index is 13.1. The third-order valence-corrected chi connectivity index (χ3v) is 6.54. The van der Waals surface area contributed by atoms with Gasteiger partial charge < -0.3 is 9.80 Å². The molecule has 148 valence electrons. The number of carbonyl (C=O) groups is 2. The van der Waals surface area contributed by atoms with Crippen LogP contribution in [0.1, 0.15) is 10.6 Å². The van der Waals surface area contributed by atoms with E-state index in [0.29, 0.717) is 26.2 Å². The molecule has 29 heavy (non-hydrogen) atoms. The number of amides is 2. The summed E-state index contributed by atoms with van der Waals surface area (Å²) in [5, 5.41) is 3.12. The molecule has 1 unspecified atom stereocenters. The average Bonchev–Trinajstić information content (AvgIpc) is 3.25. The summed E-state index contributed by atoms with van der Waals surface area (Å²) >= 11 is 1.61. The van der Waals surface area contributed by atoms with Crippen molar-refractivity contribution in [3.63, 3.8) is 0 Å². The van der Waals surface area contributed by atoms with Gasteiger partial charge in [-0.3, -0.25) is 19.5 Å². The largest absolute Gasteiger partial charge is 0.327 e. The molecule has 0 aliphatic carbocycles. The van der Waals surface area contributed by atoms with Crippen molar-refractivity contribution < 1.29 is 9.59 Å². The Balaban J connectivity index is 1.30. The lowest BCUT2D eigenvalue weighted by atomic mass is 10.1. The average molecular weight is 407 g/mol. The van der Waals surface area contributed by atoms with Crippen LogP contribution in [0.2, 0.25) is 0 Å².